The maximum Gasteiger partial charge on any atom is 0.410 e. The van der Waals surface area contributed by atoms with Gasteiger partial charge >= 0.3 is 6.09 Å². The summed E-state index contributed by atoms with van der Waals surface area (Å²) in [6.45, 7) is 10.1. The molecule has 1 amide bonds. The number of anilines is 1. The standard InChI is InChI=1S/C28H38N6O6/c1-6-38-28(36)34-10-11-37-15-21(34)13-30-26-17(2)25(24-18(3)33-40-19(24)4)31-27(32-26)20-8-7-9-23(12-20)39-16-22(35)14-29-5/h7-9,12,21-22,29,35H,6,10-11,13-16H2,1-5H3,(H,30,31,32). The molecule has 1 aromatic carbocycles. The fourth-order valence-electron chi connectivity index (χ4n) is 4.58. The lowest BCUT2D eigenvalue weighted by Gasteiger charge is -2.35. The summed E-state index contributed by atoms with van der Waals surface area (Å²) in [5.74, 6) is 2.34. The second-order valence-electron chi connectivity index (χ2n) is 9.62. The molecular weight excluding hydrogens is 516 g/mol. The third-order valence-electron chi connectivity index (χ3n) is 6.63. The Hall–Kier alpha value is -3.74. The van der Waals surface area contributed by atoms with Crippen LogP contribution in [0.25, 0.3) is 22.6 Å². The number of nitrogens with zero attached hydrogens (tertiary/aromatic N) is 4. The molecule has 1 fully saturated rings. The zero-order chi connectivity index (χ0) is 28.6. The van der Waals surface area contributed by atoms with Crippen LogP contribution in [0.2, 0.25) is 0 Å². The van der Waals surface area contributed by atoms with E-state index in [2.05, 4.69) is 15.8 Å². The second kappa shape index (κ2) is 13.6. The highest BCUT2D eigenvalue weighted by molar-refractivity contribution is 5.74. The van der Waals surface area contributed by atoms with Crippen molar-refractivity contribution in [1.29, 1.82) is 0 Å². The van der Waals surface area contributed by atoms with Crippen molar-refractivity contribution in [3.63, 3.8) is 0 Å². The lowest BCUT2D eigenvalue weighted by Crippen LogP contribution is -2.52. The first kappa shape index (κ1) is 29.2. The normalized spacial score (nSPS) is 16.1. The summed E-state index contributed by atoms with van der Waals surface area (Å²) in [7, 11) is 1.77. The minimum atomic E-state index is -0.635. The van der Waals surface area contributed by atoms with E-state index >= 15 is 0 Å². The third kappa shape index (κ3) is 6.87. The van der Waals surface area contributed by atoms with Crippen LogP contribution in [0.15, 0.2) is 28.8 Å². The molecule has 3 heterocycles. The first-order chi connectivity index (χ1) is 19.3. The molecule has 1 aliphatic rings. The average molecular weight is 555 g/mol. The minimum Gasteiger partial charge on any atom is -0.491 e. The maximum atomic E-state index is 12.5. The number of likely N-dealkylation sites (N-methyl/N-ethyl adjacent to an activating group) is 1. The Bertz CT molecular complexity index is 1280. The van der Waals surface area contributed by atoms with Crippen LogP contribution in [-0.2, 0) is 9.47 Å². The molecule has 1 saturated heterocycles. The van der Waals surface area contributed by atoms with Gasteiger partial charge in [0.2, 0.25) is 0 Å². The number of aliphatic hydroxyl groups is 1. The van der Waals surface area contributed by atoms with Crippen LogP contribution in [-0.4, -0.2) is 96.5 Å². The second-order valence-corrected chi connectivity index (χ2v) is 9.62. The van der Waals surface area contributed by atoms with Crippen LogP contribution in [0.5, 0.6) is 5.75 Å². The van der Waals surface area contributed by atoms with Gasteiger partial charge < -0.3 is 34.5 Å². The molecule has 4 rings (SSSR count). The van der Waals surface area contributed by atoms with E-state index in [4.69, 9.17) is 28.7 Å². The summed E-state index contributed by atoms with van der Waals surface area (Å²) < 4.78 is 22.2. The number of aromatic nitrogens is 3. The molecule has 0 radical (unpaired) electrons. The predicted molar refractivity (Wildman–Crippen MR) is 149 cm³/mol. The zero-order valence-electron chi connectivity index (χ0n) is 23.7. The van der Waals surface area contributed by atoms with Gasteiger partial charge in [0.15, 0.2) is 5.82 Å². The van der Waals surface area contributed by atoms with E-state index in [1.165, 1.54) is 0 Å². The summed E-state index contributed by atoms with van der Waals surface area (Å²) in [6.07, 6.45) is -0.991. The zero-order valence-corrected chi connectivity index (χ0v) is 23.7. The molecular formula is C28H38N6O6. The van der Waals surface area contributed by atoms with Crippen molar-refractivity contribution in [3.8, 4) is 28.4 Å². The van der Waals surface area contributed by atoms with Gasteiger partial charge in [-0.25, -0.2) is 14.8 Å². The lowest BCUT2D eigenvalue weighted by atomic mass is 10.0. The Labute approximate surface area is 234 Å². The molecule has 2 unspecified atom stereocenters. The first-order valence-corrected chi connectivity index (χ1v) is 13.4. The number of benzene rings is 1. The van der Waals surface area contributed by atoms with Crippen LogP contribution < -0.4 is 15.4 Å². The van der Waals surface area contributed by atoms with E-state index in [1.807, 2.05) is 45.0 Å². The molecule has 40 heavy (non-hydrogen) atoms. The van der Waals surface area contributed by atoms with Crippen molar-refractivity contribution in [2.75, 3.05) is 58.4 Å². The molecule has 3 N–H and O–H groups in total. The number of carbonyl (C=O) groups is 1. The van der Waals surface area contributed by atoms with Gasteiger partial charge in [-0.1, -0.05) is 17.3 Å². The van der Waals surface area contributed by atoms with Crippen LogP contribution >= 0.6 is 0 Å². The van der Waals surface area contributed by atoms with Crippen molar-refractivity contribution >= 4 is 11.9 Å². The van der Waals surface area contributed by atoms with Crippen molar-refractivity contribution in [1.82, 2.24) is 25.3 Å². The average Bonchev–Trinajstić information content (AvgIpc) is 3.29. The van der Waals surface area contributed by atoms with Gasteiger partial charge in [0.05, 0.1) is 42.8 Å². The van der Waals surface area contributed by atoms with Crippen molar-refractivity contribution in [3.05, 3.63) is 41.3 Å². The number of ether oxygens (including phenoxy) is 3. The molecule has 0 spiro atoms. The number of aliphatic hydroxyl groups excluding tert-OH is 1. The Morgan fingerprint density at radius 3 is 2.83 bits per heavy atom. The summed E-state index contributed by atoms with van der Waals surface area (Å²) in [5, 5.41) is 20.5. The van der Waals surface area contributed by atoms with Crippen molar-refractivity contribution < 1.29 is 28.6 Å². The molecule has 0 saturated carbocycles. The number of nitrogens with one attached hydrogen (secondary N) is 2. The van der Waals surface area contributed by atoms with Crippen LogP contribution in [0.3, 0.4) is 0 Å². The first-order valence-electron chi connectivity index (χ1n) is 13.4. The third-order valence-corrected chi connectivity index (χ3v) is 6.63. The Balaban J connectivity index is 1.66. The number of carbonyl (C=O) groups excluding carboxylic acids is 1. The van der Waals surface area contributed by atoms with Crippen molar-refractivity contribution in [2.24, 2.45) is 0 Å². The Morgan fingerprint density at radius 1 is 1.27 bits per heavy atom. The number of hydrogen-bond donors (Lipinski definition) is 3. The number of amides is 1. The Morgan fingerprint density at radius 2 is 2.10 bits per heavy atom. The highest BCUT2D eigenvalue weighted by Crippen LogP contribution is 2.33. The molecule has 12 nitrogen and oxygen atoms in total. The molecule has 2 aromatic heterocycles. The lowest BCUT2D eigenvalue weighted by molar-refractivity contribution is -0.00379. The van der Waals surface area contributed by atoms with Gasteiger partial charge in [0.1, 0.15) is 30.0 Å². The largest absolute Gasteiger partial charge is 0.491 e. The summed E-state index contributed by atoms with van der Waals surface area (Å²) in [4.78, 5) is 24.0. The van der Waals surface area contributed by atoms with E-state index < -0.39 is 6.10 Å². The number of morpholine rings is 1. The molecule has 216 valence electrons. The van der Waals surface area contributed by atoms with Crippen molar-refractivity contribution in [2.45, 2.75) is 39.8 Å². The minimum absolute atomic E-state index is 0.149. The number of aryl methyl sites for hydroxylation is 2. The molecule has 1 aliphatic heterocycles. The van der Waals surface area contributed by atoms with Crippen LogP contribution in [0.4, 0.5) is 10.6 Å². The molecule has 12 heteroatoms. The summed E-state index contributed by atoms with van der Waals surface area (Å²) >= 11 is 0. The number of hydrogen-bond acceptors (Lipinski definition) is 11. The molecule has 3 aromatic rings. The fourth-order valence-corrected chi connectivity index (χ4v) is 4.58. The smallest absolute Gasteiger partial charge is 0.410 e. The predicted octanol–water partition coefficient (Wildman–Crippen LogP) is 2.95. The van der Waals surface area contributed by atoms with Gasteiger partial charge in [-0.3, -0.25) is 4.90 Å². The summed E-state index contributed by atoms with van der Waals surface area (Å²) in [5.41, 5.74) is 3.79. The van der Waals surface area contributed by atoms with Gasteiger partial charge in [-0.15, -0.1) is 0 Å². The van der Waals surface area contributed by atoms with Crippen LogP contribution in [0, 0.1) is 20.8 Å². The molecule has 0 bridgehead atoms. The monoisotopic (exact) mass is 554 g/mol. The van der Waals surface area contributed by atoms with Gasteiger partial charge in [0.25, 0.3) is 0 Å². The maximum absolute atomic E-state index is 12.5. The van der Waals surface area contributed by atoms with E-state index in [-0.39, 0.29) is 18.7 Å². The number of rotatable bonds is 11. The quantitative estimate of drug-likeness (QED) is 0.322. The molecule has 0 aliphatic carbocycles. The van der Waals surface area contributed by atoms with Gasteiger partial charge in [-0.2, -0.15) is 0 Å². The highest BCUT2D eigenvalue weighted by atomic mass is 16.6. The molecule has 2 atom stereocenters. The van der Waals surface area contributed by atoms with Gasteiger partial charge in [0, 0.05) is 30.8 Å². The van der Waals surface area contributed by atoms with E-state index in [1.54, 1.807) is 18.9 Å². The van der Waals surface area contributed by atoms with Gasteiger partial charge in [-0.05, 0) is 46.9 Å². The highest BCUT2D eigenvalue weighted by Gasteiger charge is 2.29. The van der Waals surface area contributed by atoms with E-state index in [0.717, 1.165) is 22.4 Å². The topological polar surface area (TPSA) is 144 Å². The van der Waals surface area contributed by atoms with E-state index in [0.29, 0.717) is 68.3 Å². The summed E-state index contributed by atoms with van der Waals surface area (Å²) in [6, 6.07) is 7.20. The SMILES string of the molecule is CCOC(=O)N1CCOCC1CNc1nc(-c2cccc(OCC(O)CNC)c2)nc(-c2c(C)noc2C)c1C. The van der Waals surface area contributed by atoms with Crippen LogP contribution in [0.1, 0.15) is 23.9 Å². The fraction of sp³-hybridized carbons (Fsp3) is 0.500. The van der Waals surface area contributed by atoms with E-state index in [9.17, 15) is 9.90 Å². The Kier molecular flexibility index (Phi) is 9.91.